The minimum atomic E-state index is -1.08. The Morgan fingerprint density at radius 3 is 1.72 bits per heavy atom. The van der Waals surface area contributed by atoms with Gasteiger partial charge in [-0.3, -0.25) is 0 Å². The summed E-state index contributed by atoms with van der Waals surface area (Å²) in [5.41, 5.74) is 13.4. The average molecular weight is 595 g/mol. The largest absolute Gasteiger partial charge is 0.505 e. The highest BCUT2D eigenvalue weighted by Gasteiger charge is 2.19. The maximum atomic E-state index is 11.0. The molecular formula is C23H23BrN4O6S2. The summed E-state index contributed by atoms with van der Waals surface area (Å²) in [7, 11) is 1.52. The van der Waals surface area contributed by atoms with Crippen molar-refractivity contribution >= 4 is 63.0 Å². The van der Waals surface area contributed by atoms with E-state index in [1.807, 2.05) is 0 Å². The van der Waals surface area contributed by atoms with Gasteiger partial charge in [-0.25, -0.2) is 19.6 Å². The Morgan fingerprint density at radius 1 is 0.833 bits per heavy atom. The van der Waals surface area contributed by atoms with Crippen molar-refractivity contribution in [3.8, 4) is 32.6 Å². The number of carboxylic acid groups (broad SMARTS) is 2. The number of carboxylic acids is 2. The molecule has 0 bridgehead atoms. The molecular weight excluding hydrogens is 572 g/mol. The summed E-state index contributed by atoms with van der Waals surface area (Å²) in [5, 5.41) is 28.7. The standard InChI is InChI=1S/C12H12N2O3S.C11H10N2O3S.BrH/c1-6-9(12(15)16)14-11(18-6)7-4-3-5-8(13)10(7)17-2;1-5-8(11(15)16)13-10(17-5)6-3-2-4-7(12)9(6)14;/h3-5H,13H2,1-2H3,(H,15,16);2-4,14H,12H2,1H3,(H,15,16);1H. The van der Waals surface area contributed by atoms with Crippen LogP contribution < -0.4 is 16.2 Å². The van der Waals surface area contributed by atoms with E-state index in [9.17, 15) is 14.7 Å². The smallest absolute Gasteiger partial charge is 0.355 e. The summed E-state index contributed by atoms with van der Waals surface area (Å²) >= 11 is 2.52. The van der Waals surface area contributed by atoms with Crippen LogP contribution in [0.5, 0.6) is 11.5 Å². The fraction of sp³-hybridized carbons (Fsp3) is 0.130. The molecule has 0 saturated carbocycles. The Balaban J connectivity index is 0.000000247. The van der Waals surface area contributed by atoms with Gasteiger partial charge in [0, 0.05) is 9.75 Å². The number of benzene rings is 2. The van der Waals surface area contributed by atoms with Gasteiger partial charge in [0.15, 0.2) is 17.1 Å². The zero-order valence-electron chi connectivity index (χ0n) is 19.3. The van der Waals surface area contributed by atoms with Crippen molar-refractivity contribution in [3.05, 3.63) is 57.5 Å². The molecule has 7 N–H and O–H groups in total. The summed E-state index contributed by atoms with van der Waals surface area (Å²) < 4.78 is 5.23. The van der Waals surface area contributed by atoms with Gasteiger partial charge in [-0.1, -0.05) is 12.1 Å². The van der Waals surface area contributed by atoms with Gasteiger partial charge in [0.1, 0.15) is 15.8 Å². The number of ether oxygens (including phenoxy) is 1. The fourth-order valence-corrected chi connectivity index (χ4v) is 4.96. The number of hydrogen-bond donors (Lipinski definition) is 5. The van der Waals surface area contributed by atoms with Crippen LogP contribution in [-0.4, -0.2) is 44.3 Å². The maximum absolute atomic E-state index is 11.0. The van der Waals surface area contributed by atoms with Crippen molar-refractivity contribution in [2.24, 2.45) is 0 Å². The van der Waals surface area contributed by atoms with Crippen LogP contribution in [0.3, 0.4) is 0 Å². The molecule has 0 amide bonds. The lowest BCUT2D eigenvalue weighted by molar-refractivity contribution is 0.0680. The molecule has 4 rings (SSSR count). The zero-order chi connectivity index (χ0) is 25.9. The van der Waals surface area contributed by atoms with E-state index in [1.165, 1.54) is 29.8 Å². The van der Waals surface area contributed by atoms with Crippen LogP contribution >= 0.6 is 39.7 Å². The van der Waals surface area contributed by atoms with E-state index >= 15 is 0 Å². The van der Waals surface area contributed by atoms with E-state index in [1.54, 1.807) is 50.2 Å². The normalized spacial score (nSPS) is 10.1. The molecule has 36 heavy (non-hydrogen) atoms. The first-order valence-electron chi connectivity index (χ1n) is 9.97. The number of rotatable bonds is 5. The van der Waals surface area contributed by atoms with Gasteiger partial charge in [0.2, 0.25) is 0 Å². The predicted molar refractivity (Wildman–Crippen MR) is 146 cm³/mol. The van der Waals surface area contributed by atoms with Gasteiger partial charge in [0.05, 0.1) is 29.6 Å². The van der Waals surface area contributed by atoms with Gasteiger partial charge in [-0.2, -0.15) is 0 Å². The first kappa shape index (κ1) is 28.6. The van der Waals surface area contributed by atoms with Crippen LogP contribution in [0.4, 0.5) is 11.4 Å². The van der Waals surface area contributed by atoms with Crippen molar-refractivity contribution in [1.29, 1.82) is 0 Å². The minimum Gasteiger partial charge on any atom is -0.505 e. The SMILES string of the molecule is Br.COc1c(N)cccc1-c1nc(C(=O)O)c(C)s1.Cc1sc(-c2cccc(N)c2O)nc1C(=O)O. The third-order valence-electron chi connectivity index (χ3n) is 4.78. The van der Waals surface area contributed by atoms with E-state index in [2.05, 4.69) is 9.97 Å². The molecule has 10 nitrogen and oxygen atoms in total. The van der Waals surface area contributed by atoms with Crippen LogP contribution in [-0.2, 0) is 0 Å². The fourth-order valence-electron chi connectivity index (χ4n) is 3.11. The van der Waals surface area contributed by atoms with Gasteiger partial charge < -0.3 is 31.5 Å². The number of nitrogens with two attached hydrogens (primary N) is 2. The highest BCUT2D eigenvalue weighted by Crippen LogP contribution is 2.38. The number of aryl methyl sites for hydroxylation is 2. The number of nitrogen functional groups attached to an aromatic ring is 2. The highest BCUT2D eigenvalue weighted by atomic mass is 79.9. The minimum absolute atomic E-state index is 0. The third kappa shape index (κ3) is 5.93. The number of methoxy groups -OCH3 is 1. The van der Waals surface area contributed by atoms with Crippen molar-refractivity contribution < 1.29 is 29.6 Å². The van der Waals surface area contributed by atoms with Crippen molar-refractivity contribution in [2.75, 3.05) is 18.6 Å². The number of aromatic carboxylic acids is 2. The topological polar surface area (TPSA) is 182 Å². The number of aromatic nitrogens is 2. The molecule has 0 aliphatic carbocycles. The maximum Gasteiger partial charge on any atom is 0.355 e. The van der Waals surface area contributed by atoms with Gasteiger partial charge >= 0.3 is 11.9 Å². The Kier molecular flexibility index (Phi) is 9.39. The number of hydrogen-bond acceptors (Lipinski definition) is 10. The predicted octanol–water partition coefficient (Wildman–Crippen LogP) is 5.09. The molecule has 0 fully saturated rings. The van der Waals surface area contributed by atoms with E-state index in [-0.39, 0.29) is 39.8 Å². The lowest BCUT2D eigenvalue weighted by Gasteiger charge is -2.08. The van der Waals surface area contributed by atoms with Crippen LogP contribution in [0, 0.1) is 13.8 Å². The number of carbonyl (C=O) groups is 2. The summed E-state index contributed by atoms with van der Waals surface area (Å²) in [6, 6.07) is 10.2. The molecule has 0 spiro atoms. The molecule has 0 aliphatic heterocycles. The molecule has 0 atom stereocenters. The number of anilines is 2. The molecule has 0 radical (unpaired) electrons. The molecule has 2 heterocycles. The Morgan fingerprint density at radius 2 is 1.28 bits per heavy atom. The quantitative estimate of drug-likeness (QED) is 0.154. The second-order valence-electron chi connectivity index (χ2n) is 7.13. The summed E-state index contributed by atoms with van der Waals surface area (Å²) in [4.78, 5) is 31.2. The van der Waals surface area contributed by atoms with E-state index < -0.39 is 11.9 Å². The number of halogens is 1. The third-order valence-corrected chi connectivity index (χ3v) is 6.78. The molecule has 4 aromatic rings. The van der Waals surface area contributed by atoms with Crippen molar-refractivity contribution in [1.82, 2.24) is 9.97 Å². The molecule has 13 heteroatoms. The lowest BCUT2D eigenvalue weighted by atomic mass is 10.2. The lowest BCUT2D eigenvalue weighted by Crippen LogP contribution is -1.99. The molecule has 2 aromatic heterocycles. The molecule has 0 unspecified atom stereocenters. The first-order valence-corrected chi connectivity index (χ1v) is 11.6. The first-order chi connectivity index (χ1) is 16.5. The second-order valence-corrected chi connectivity index (χ2v) is 9.54. The number of aromatic hydroxyl groups is 1. The van der Waals surface area contributed by atoms with E-state index in [0.29, 0.717) is 42.3 Å². The molecule has 190 valence electrons. The number of nitrogens with zero attached hydrogens (tertiary/aromatic N) is 2. The van der Waals surface area contributed by atoms with Crippen LogP contribution in [0.15, 0.2) is 36.4 Å². The number of phenols is 1. The van der Waals surface area contributed by atoms with Gasteiger partial charge in [-0.15, -0.1) is 39.7 Å². The zero-order valence-corrected chi connectivity index (χ0v) is 22.7. The average Bonchev–Trinajstić information content (AvgIpc) is 3.38. The second kappa shape index (κ2) is 11.8. The molecule has 0 saturated heterocycles. The summed E-state index contributed by atoms with van der Waals surface area (Å²) in [5.74, 6) is -1.66. The Bertz CT molecular complexity index is 1420. The Labute approximate surface area is 224 Å². The molecule has 0 aliphatic rings. The number of phenolic OH excluding ortho intramolecular Hbond substituents is 1. The van der Waals surface area contributed by atoms with Crippen LogP contribution in [0.25, 0.3) is 21.1 Å². The highest BCUT2D eigenvalue weighted by molar-refractivity contribution is 8.93. The van der Waals surface area contributed by atoms with E-state index in [0.717, 1.165) is 0 Å². The van der Waals surface area contributed by atoms with Gasteiger partial charge in [0.25, 0.3) is 0 Å². The van der Waals surface area contributed by atoms with E-state index in [4.69, 9.17) is 26.4 Å². The van der Waals surface area contributed by atoms with Crippen LogP contribution in [0.1, 0.15) is 30.7 Å². The Hall–Kier alpha value is -3.68. The van der Waals surface area contributed by atoms with Crippen molar-refractivity contribution in [2.45, 2.75) is 13.8 Å². The van der Waals surface area contributed by atoms with Crippen LogP contribution in [0.2, 0.25) is 0 Å². The summed E-state index contributed by atoms with van der Waals surface area (Å²) in [6.45, 7) is 3.40. The number of thiazole rings is 2. The number of para-hydroxylation sites is 2. The monoisotopic (exact) mass is 594 g/mol. The molecule has 2 aromatic carbocycles. The van der Waals surface area contributed by atoms with Gasteiger partial charge in [-0.05, 0) is 38.1 Å². The summed E-state index contributed by atoms with van der Waals surface area (Å²) in [6.07, 6.45) is 0. The van der Waals surface area contributed by atoms with Crippen molar-refractivity contribution in [3.63, 3.8) is 0 Å².